The van der Waals surface area contributed by atoms with E-state index >= 15 is 0 Å². The van der Waals surface area contributed by atoms with Crippen molar-refractivity contribution in [3.05, 3.63) is 29.8 Å². The van der Waals surface area contributed by atoms with E-state index in [1.807, 2.05) is 24.3 Å². The molecule has 1 unspecified atom stereocenters. The van der Waals surface area contributed by atoms with Crippen molar-refractivity contribution in [3.8, 4) is 0 Å². The molecular weight excluding hydrogens is 226 g/mol. The Morgan fingerprint density at radius 1 is 1.39 bits per heavy atom. The summed E-state index contributed by atoms with van der Waals surface area (Å²) in [5.74, 6) is 0.864. The van der Waals surface area contributed by atoms with Gasteiger partial charge in [0.15, 0.2) is 0 Å². The molecule has 1 aromatic carbocycles. The first-order chi connectivity index (χ1) is 8.65. The van der Waals surface area contributed by atoms with E-state index in [1.165, 1.54) is 24.8 Å². The van der Waals surface area contributed by atoms with Crippen LogP contribution < -0.4 is 16.4 Å². The molecule has 1 atom stereocenters. The summed E-state index contributed by atoms with van der Waals surface area (Å²) in [5.41, 5.74) is 7.02. The monoisotopic (exact) mass is 247 g/mol. The number of amides is 2. The van der Waals surface area contributed by atoms with Crippen LogP contribution in [0.5, 0.6) is 0 Å². The maximum absolute atomic E-state index is 10.7. The van der Waals surface area contributed by atoms with Gasteiger partial charge in [-0.05, 0) is 49.9 Å². The molecule has 0 bridgehead atoms. The Hall–Kier alpha value is -1.55. The average molecular weight is 247 g/mol. The molecule has 0 radical (unpaired) electrons. The van der Waals surface area contributed by atoms with Gasteiger partial charge in [0.1, 0.15) is 0 Å². The zero-order valence-electron chi connectivity index (χ0n) is 10.8. The maximum Gasteiger partial charge on any atom is 0.316 e. The van der Waals surface area contributed by atoms with Gasteiger partial charge < -0.3 is 16.4 Å². The lowest BCUT2D eigenvalue weighted by Gasteiger charge is -2.27. The quantitative estimate of drug-likeness (QED) is 0.748. The molecule has 2 amide bonds. The fraction of sp³-hybridized carbons (Fsp3) is 0.500. The lowest BCUT2D eigenvalue weighted by Crippen LogP contribution is -2.29. The average Bonchev–Trinajstić information content (AvgIpc) is 2.27. The summed E-state index contributed by atoms with van der Waals surface area (Å²) < 4.78 is 0. The Balaban J connectivity index is 1.85. The van der Waals surface area contributed by atoms with E-state index < -0.39 is 6.03 Å². The second kappa shape index (κ2) is 5.87. The minimum atomic E-state index is -0.529. The van der Waals surface area contributed by atoms with Gasteiger partial charge in [-0.3, -0.25) is 0 Å². The summed E-state index contributed by atoms with van der Waals surface area (Å²) in [5, 5.41) is 6.11. The number of hydrogen-bond acceptors (Lipinski definition) is 2. The van der Waals surface area contributed by atoms with Crippen LogP contribution in [0, 0.1) is 5.92 Å². The van der Waals surface area contributed by atoms with Crippen LogP contribution in [-0.2, 0) is 0 Å². The van der Waals surface area contributed by atoms with Gasteiger partial charge >= 0.3 is 6.03 Å². The zero-order valence-corrected chi connectivity index (χ0v) is 10.8. The first kappa shape index (κ1) is 12.9. The van der Waals surface area contributed by atoms with Crippen LogP contribution in [0.2, 0.25) is 0 Å². The molecule has 4 nitrogen and oxygen atoms in total. The SMILES string of the molecule is CC(NCC1CCC1)c1ccc(NC(N)=O)cc1. The zero-order chi connectivity index (χ0) is 13.0. The van der Waals surface area contributed by atoms with E-state index in [9.17, 15) is 4.79 Å². The van der Waals surface area contributed by atoms with Crippen molar-refractivity contribution in [1.29, 1.82) is 0 Å². The third kappa shape index (κ3) is 3.47. The number of anilines is 1. The summed E-state index contributed by atoms with van der Waals surface area (Å²) in [6, 6.07) is 7.60. The second-order valence-electron chi connectivity index (χ2n) is 5.04. The van der Waals surface area contributed by atoms with Crippen molar-refractivity contribution in [2.75, 3.05) is 11.9 Å². The minimum Gasteiger partial charge on any atom is -0.351 e. The number of urea groups is 1. The van der Waals surface area contributed by atoms with Gasteiger partial charge in [-0.1, -0.05) is 18.6 Å². The van der Waals surface area contributed by atoms with Crippen LogP contribution in [0.3, 0.4) is 0 Å². The number of carbonyl (C=O) groups is 1. The van der Waals surface area contributed by atoms with E-state index in [1.54, 1.807) is 0 Å². The predicted octanol–water partition coefficient (Wildman–Crippen LogP) is 2.63. The molecule has 18 heavy (non-hydrogen) atoms. The number of benzene rings is 1. The van der Waals surface area contributed by atoms with Crippen LogP contribution in [0.1, 0.15) is 37.8 Å². The van der Waals surface area contributed by atoms with Gasteiger partial charge in [-0.15, -0.1) is 0 Å². The van der Waals surface area contributed by atoms with Crippen LogP contribution >= 0.6 is 0 Å². The molecule has 98 valence electrons. The van der Waals surface area contributed by atoms with Crippen LogP contribution in [0.25, 0.3) is 0 Å². The lowest BCUT2D eigenvalue weighted by atomic mass is 9.85. The molecule has 1 aromatic rings. The Morgan fingerprint density at radius 3 is 2.56 bits per heavy atom. The summed E-state index contributed by atoms with van der Waals surface area (Å²) >= 11 is 0. The molecule has 0 aliphatic heterocycles. The highest BCUT2D eigenvalue weighted by Crippen LogP contribution is 2.26. The van der Waals surface area contributed by atoms with E-state index in [-0.39, 0.29) is 0 Å². The highest BCUT2D eigenvalue weighted by Gasteiger charge is 2.17. The Labute approximate surface area is 108 Å². The fourth-order valence-corrected chi connectivity index (χ4v) is 2.16. The van der Waals surface area contributed by atoms with Crippen molar-refractivity contribution in [2.45, 2.75) is 32.2 Å². The lowest BCUT2D eigenvalue weighted by molar-refractivity contribution is 0.259. The second-order valence-corrected chi connectivity index (χ2v) is 5.04. The molecule has 0 spiro atoms. The van der Waals surface area contributed by atoms with Crippen molar-refractivity contribution < 1.29 is 4.79 Å². The molecule has 0 saturated heterocycles. The van der Waals surface area contributed by atoms with Gasteiger partial charge in [-0.25, -0.2) is 4.79 Å². The summed E-state index contributed by atoms with van der Waals surface area (Å²) in [6.07, 6.45) is 4.11. The van der Waals surface area contributed by atoms with Gasteiger partial charge in [0.25, 0.3) is 0 Å². The van der Waals surface area contributed by atoms with Gasteiger partial charge in [0.2, 0.25) is 0 Å². The third-order valence-electron chi connectivity index (χ3n) is 3.62. The molecule has 1 aliphatic rings. The number of carbonyl (C=O) groups excluding carboxylic acids is 1. The summed E-state index contributed by atoms with van der Waals surface area (Å²) in [6.45, 7) is 3.26. The number of hydrogen-bond donors (Lipinski definition) is 3. The maximum atomic E-state index is 10.7. The van der Waals surface area contributed by atoms with E-state index in [4.69, 9.17) is 5.73 Å². The highest BCUT2D eigenvalue weighted by atomic mass is 16.2. The first-order valence-corrected chi connectivity index (χ1v) is 6.55. The van der Waals surface area contributed by atoms with Crippen molar-refractivity contribution >= 4 is 11.7 Å². The Kier molecular flexibility index (Phi) is 4.20. The van der Waals surface area contributed by atoms with Gasteiger partial charge in [0, 0.05) is 11.7 Å². The van der Waals surface area contributed by atoms with E-state index in [0.717, 1.165) is 18.2 Å². The molecule has 1 aliphatic carbocycles. The van der Waals surface area contributed by atoms with Crippen LogP contribution in [-0.4, -0.2) is 12.6 Å². The normalized spacial score (nSPS) is 16.9. The molecule has 4 N–H and O–H groups in total. The van der Waals surface area contributed by atoms with Gasteiger partial charge in [-0.2, -0.15) is 0 Å². The summed E-state index contributed by atoms with van der Waals surface area (Å²) in [7, 11) is 0. The first-order valence-electron chi connectivity index (χ1n) is 6.55. The van der Waals surface area contributed by atoms with E-state index in [0.29, 0.717) is 6.04 Å². The van der Waals surface area contributed by atoms with Crippen molar-refractivity contribution in [2.24, 2.45) is 11.7 Å². The predicted molar refractivity (Wildman–Crippen MR) is 73.4 cm³/mol. The number of rotatable bonds is 5. The molecule has 1 saturated carbocycles. The molecular formula is C14H21N3O. The van der Waals surface area contributed by atoms with Gasteiger partial charge in [0.05, 0.1) is 0 Å². The van der Waals surface area contributed by atoms with E-state index in [2.05, 4.69) is 17.6 Å². The van der Waals surface area contributed by atoms with Crippen LogP contribution in [0.4, 0.5) is 10.5 Å². The highest BCUT2D eigenvalue weighted by molar-refractivity contribution is 5.87. The Morgan fingerprint density at radius 2 is 2.06 bits per heavy atom. The molecule has 0 heterocycles. The molecule has 2 rings (SSSR count). The summed E-state index contributed by atoms with van der Waals surface area (Å²) in [4.78, 5) is 10.7. The fourth-order valence-electron chi connectivity index (χ4n) is 2.16. The molecule has 0 aromatic heterocycles. The minimum absolute atomic E-state index is 0.341. The Bertz CT molecular complexity index is 398. The smallest absolute Gasteiger partial charge is 0.316 e. The largest absolute Gasteiger partial charge is 0.351 e. The standard InChI is InChI=1S/C14H21N3O/c1-10(16-9-11-3-2-4-11)12-5-7-13(8-6-12)17-14(15)18/h5-8,10-11,16H,2-4,9H2,1H3,(H3,15,17,18). The third-order valence-corrected chi connectivity index (χ3v) is 3.62. The molecule has 1 fully saturated rings. The topological polar surface area (TPSA) is 67.2 Å². The number of nitrogens with two attached hydrogens (primary N) is 1. The van der Waals surface area contributed by atoms with Crippen molar-refractivity contribution in [1.82, 2.24) is 5.32 Å². The van der Waals surface area contributed by atoms with Crippen LogP contribution in [0.15, 0.2) is 24.3 Å². The number of nitrogens with one attached hydrogen (secondary N) is 2. The number of primary amides is 1. The molecule has 4 heteroatoms. The van der Waals surface area contributed by atoms with Crippen molar-refractivity contribution in [3.63, 3.8) is 0 Å².